The fourth-order valence-corrected chi connectivity index (χ4v) is 1.75. The maximum atomic E-state index is 10.5. The number of carboxylic acids is 1. The third-order valence-electron chi connectivity index (χ3n) is 1.97. The van der Waals surface area contributed by atoms with Crippen LogP contribution in [0.15, 0.2) is 23.3 Å². The van der Waals surface area contributed by atoms with E-state index in [4.69, 9.17) is 10.8 Å². The second kappa shape index (κ2) is 3.79. The van der Waals surface area contributed by atoms with Crippen molar-refractivity contribution in [3.63, 3.8) is 0 Å². The summed E-state index contributed by atoms with van der Waals surface area (Å²) in [6.07, 6.45) is 2.69. The second-order valence-electron chi connectivity index (χ2n) is 3.40. The minimum Gasteiger partial charge on any atom is -0.478 e. The van der Waals surface area contributed by atoms with E-state index in [0.717, 1.165) is 11.1 Å². The molecule has 0 aromatic carbocycles. The zero-order valence-electron chi connectivity index (χ0n) is 8.02. The lowest BCUT2D eigenvalue weighted by molar-refractivity contribution is -0.131. The number of carbonyl (C=O) groups is 1. The summed E-state index contributed by atoms with van der Waals surface area (Å²) in [5.74, 6) is -1.04. The van der Waals surface area contributed by atoms with Crippen molar-refractivity contribution in [3.05, 3.63) is 28.4 Å². The van der Waals surface area contributed by atoms with Crippen molar-refractivity contribution in [1.29, 1.82) is 0 Å². The smallest absolute Gasteiger partial charge is 0.330 e. The van der Waals surface area contributed by atoms with Crippen LogP contribution in [0.5, 0.6) is 0 Å². The number of allylic oxidation sites excluding steroid dienone is 1. The van der Waals surface area contributed by atoms with Crippen molar-refractivity contribution in [2.24, 2.45) is 5.73 Å². The molecule has 0 bridgehead atoms. The Balaban J connectivity index is 3.02. The van der Waals surface area contributed by atoms with Gasteiger partial charge in [0.1, 0.15) is 5.01 Å². The second-order valence-corrected chi connectivity index (χ2v) is 4.29. The van der Waals surface area contributed by atoms with Crippen molar-refractivity contribution in [2.75, 3.05) is 0 Å². The first-order chi connectivity index (χ1) is 6.44. The average molecular weight is 212 g/mol. The molecule has 5 heteroatoms. The third-order valence-corrected chi connectivity index (χ3v) is 3.06. The predicted octanol–water partition coefficient (Wildman–Crippen LogP) is 1.35. The Morgan fingerprint density at radius 3 is 2.79 bits per heavy atom. The molecule has 0 atom stereocenters. The van der Waals surface area contributed by atoms with Crippen LogP contribution in [0, 0.1) is 0 Å². The van der Waals surface area contributed by atoms with E-state index in [9.17, 15) is 4.79 Å². The molecular formula is C9H12N2O2S. The third kappa shape index (κ3) is 2.11. The van der Waals surface area contributed by atoms with Crippen molar-refractivity contribution in [1.82, 2.24) is 4.98 Å². The Hall–Kier alpha value is -1.36. The van der Waals surface area contributed by atoms with Gasteiger partial charge in [-0.2, -0.15) is 0 Å². The number of nitrogens with two attached hydrogens (primary N) is 1. The molecule has 0 saturated carbocycles. The van der Waals surface area contributed by atoms with Crippen LogP contribution in [0.4, 0.5) is 0 Å². The molecule has 76 valence electrons. The lowest BCUT2D eigenvalue weighted by Gasteiger charge is -2.21. The molecule has 0 aliphatic carbocycles. The minimum atomic E-state index is -1.04. The van der Waals surface area contributed by atoms with E-state index in [2.05, 4.69) is 4.98 Å². The molecule has 4 nitrogen and oxygen atoms in total. The molecule has 0 radical (unpaired) electrons. The summed E-state index contributed by atoms with van der Waals surface area (Å²) in [7, 11) is 0. The van der Waals surface area contributed by atoms with E-state index in [1.54, 1.807) is 6.20 Å². The van der Waals surface area contributed by atoms with Gasteiger partial charge in [-0.25, -0.2) is 9.78 Å². The van der Waals surface area contributed by atoms with E-state index < -0.39 is 11.4 Å². The van der Waals surface area contributed by atoms with E-state index >= 15 is 0 Å². The number of nitrogens with zero attached hydrogens (tertiary/aromatic N) is 1. The average Bonchev–Trinajstić information content (AvgIpc) is 2.54. The highest BCUT2D eigenvalue weighted by Gasteiger charge is 2.26. The summed E-state index contributed by atoms with van der Waals surface area (Å²) < 4.78 is 0. The maximum Gasteiger partial charge on any atom is 0.330 e. The van der Waals surface area contributed by atoms with E-state index in [-0.39, 0.29) is 0 Å². The van der Waals surface area contributed by atoms with Gasteiger partial charge in [0.2, 0.25) is 0 Å². The fraction of sp³-hybridized carbons (Fsp3) is 0.333. The van der Waals surface area contributed by atoms with Gasteiger partial charge in [-0.1, -0.05) is 0 Å². The van der Waals surface area contributed by atoms with Crippen LogP contribution in [-0.2, 0) is 10.2 Å². The zero-order valence-corrected chi connectivity index (χ0v) is 8.84. The Morgan fingerprint density at radius 1 is 1.71 bits per heavy atom. The summed E-state index contributed by atoms with van der Waals surface area (Å²) in [6.45, 7) is 3.70. The van der Waals surface area contributed by atoms with Gasteiger partial charge < -0.3 is 10.8 Å². The van der Waals surface area contributed by atoms with Gasteiger partial charge in [-0.05, 0) is 13.8 Å². The van der Waals surface area contributed by atoms with E-state index in [1.807, 2.05) is 19.2 Å². The van der Waals surface area contributed by atoms with Gasteiger partial charge in [0, 0.05) is 23.3 Å². The van der Waals surface area contributed by atoms with Gasteiger partial charge in [-0.15, -0.1) is 11.3 Å². The highest BCUT2D eigenvalue weighted by atomic mass is 32.1. The number of hydrogen-bond acceptors (Lipinski definition) is 4. The monoisotopic (exact) mass is 212 g/mol. The van der Waals surface area contributed by atoms with Crippen LogP contribution >= 0.6 is 11.3 Å². The van der Waals surface area contributed by atoms with Crippen molar-refractivity contribution < 1.29 is 9.90 Å². The van der Waals surface area contributed by atoms with Gasteiger partial charge >= 0.3 is 5.97 Å². The largest absolute Gasteiger partial charge is 0.478 e. The van der Waals surface area contributed by atoms with Crippen molar-refractivity contribution in [2.45, 2.75) is 19.3 Å². The molecule has 0 aliphatic heterocycles. The number of rotatable bonds is 3. The lowest BCUT2D eigenvalue weighted by atomic mass is 9.90. The molecule has 3 N–H and O–H groups in total. The first-order valence-corrected chi connectivity index (χ1v) is 4.93. The first kappa shape index (κ1) is 10.7. The molecule has 0 unspecified atom stereocenters. The summed E-state index contributed by atoms with van der Waals surface area (Å²) >= 11 is 1.46. The maximum absolute atomic E-state index is 10.5. The normalized spacial score (nSPS) is 12.9. The van der Waals surface area contributed by atoms with Gasteiger partial charge in [0.15, 0.2) is 0 Å². The van der Waals surface area contributed by atoms with Gasteiger partial charge in [-0.3, -0.25) is 0 Å². The van der Waals surface area contributed by atoms with Crippen LogP contribution in [0.2, 0.25) is 0 Å². The van der Waals surface area contributed by atoms with Crippen LogP contribution in [0.1, 0.15) is 18.9 Å². The Bertz CT molecular complexity index is 355. The summed E-state index contributed by atoms with van der Waals surface area (Å²) in [5.41, 5.74) is 5.47. The summed E-state index contributed by atoms with van der Waals surface area (Å²) in [6, 6.07) is 0. The number of carboxylic acid groups (broad SMARTS) is 1. The van der Waals surface area contributed by atoms with Crippen molar-refractivity contribution >= 4 is 17.3 Å². The van der Waals surface area contributed by atoms with Crippen LogP contribution in [0.3, 0.4) is 0 Å². The predicted molar refractivity (Wildman–Crippen MR) is 55.0 cm³/mol. The quantitative estimate of drug-likeness (QED) is 0.741. The number of aromatic nitrogens is 1. The Morgan fingerprint density at radius 2 is 2.36 bits per heavy atom. The molecule has 0 amide bonds. The fourth-order valence-electron chi connectivity index (χ4n) is 0.969. The highest BCUT2D eigenvalue weighted by Crippen LogP contribution is 2.29. The number of thiazole rings is 1. The number of hydrogen-bond donors (Lipinski definition) is 2. The van der Waals surface area contributed by atoms with Crippen LogP contribution < -0.4 is 5.73 Å². The molecule has 1 aromatic rings. The summed E-state index contributed by atoms with van der Waals surface area (Å²) in [4.78, 5) is 14.6. The molecule has 0 saturated heterocycles. The topological polar surface area (TPSA) is 76.2 Å². The van der Waals surface area contributed by atoms with Gasteiger partial charge in [0.05, 0.1) is 5.41 Å². The summed E-state index contributed by atoms with van der Waals surface area (Å²) in [5, 5.41) is 11.2. The molecule has 0 aliphatic rings. The molecule has 0 fully saturated rings. The number of aliphatic carboxylic acids is 1. The molecule has 1 rings (SSSR count). The van der Waals surface area contributed by atoms with E-state index in [1.165, 1.54) is 11.3 Å². The first-order valence-electron chi connectivity index (χ1n) is 4.05. The SMILES string of the molecule is CC(C)(/C(N)=C\C(=O)O)c1nccs1. The Labute approximate surface area is 86.1 Å². The molecule has 0 spiro atoms. The zero-order chi connectivity index (χ0) is 10.8. The van der Waals surface area contributed by atoms with Crippen LogP contribution in [-0.4, -0.2) is 16.1 Å². The van der Waals surface area contributed by atoms with E-state index in [0.29, 0.717) is 5.70 Å². The molecule has 1 aromatic heterocycles. The standard InChI is InChI=1S/C9H12N2O2S/c1-9(2,6(10)5-7(12)13)8-11-3-4-14-8/h3-5H,10H2,1-2H3,(H,12,13)/b6-5+. The lowest BCUT2D eigenvalue weighted by Crippen LogP contribution is -2.26. The Kier molecular flexibility index (Phi) is 2.90. The van der Waals surface area contributed by atoms with Gasteiger partial charge in [0.25, 0.3) is 0 Å². The molecular weight excluding hydrogens is 200 g/mol. The van der Waals surface area contributed by atoms with Crippen molar-refractivity contribution in [3.8, 4) is 0 Å². The minimum absolute atomic E-state index is 0.306. The van der Waals surface area contributed by atoms with Crippen LogP contribution in [0.25, 0.3) is 0 Å². The molecule has 14 heavy (non-hydrogen) atoms. The highest BCUT2D eigenvalue weighted by molar-refractivity contribution is 7.09. The molecule has 1 heterocycles.